The molecule has 7 nitrogen and oxygen atoms in total. The molecule has 140 valence electrons. The van der Waals surface area contributed by atoms with E-state index in [2.05, 4.69) is 10.9 Å². The Morgan fingerprint density at radius 1 is 1.38 bits per heavy atom. The molecule has 3 amide bonds. The summed E-state index contributed by atoms with van der Waals surface area (Å²) >= 11 is 6.08. The van der Waals surface area contributed by atoms with Crippen molar-refractivity contribution in [2.75, 3.05) is 19.7 Å². The Hall–Kier alpha value is -2.42. The summed E-state index contributed by atoms with van der Waals surface area (Å²) in [5.41, 5.74) is 6.02. The van der Waals surface area contributed by atoms with Crippen LogP contribution < -0.4 is 10.9 Å². The monoisotopic (exact) mass is 382 g/mol. The van der Waals surface area contributed by atoms with Gasteiger partial charge in [-0.2, -0.15) is 0 Å². The molecule has 0 spiro atoms. The standard InChI is InChI=1S/C17H20ClFN4O3/c1-13(24)23(20-11-14-5-2-3-7-16(14)18)9-10-26-21-17(25)22-8-4-6-15(19)12-22/h2-8,20H,9-12H2,1H3,(H,21,25). The molecule has 0 bridgehead atoms. The lowest BCUT2D eigenvalue weighted by atomic mass is 10.2. The SMILES string of the molecule is CC(=O)N(CCONC(=O)N1C=CC=C(F)C1)NCc1ccccc1Cl. The highest BCUT2D eigenvalue weighted by atomic mass is 35.5. The predicted molar refractivity (Wildman–Crippen MR) is 95.2 cm³/mol. The van der Waals surface area contributed by atoms with Crippen molar-refractivity contribution in [1.82, 2.24) is 20.8 Å². The van der Waals surface area contributed by atoms with Gasteiger partial charge in [0.25, 0.3) is 0 Å². The van der Waals surface area contributed by atoms with Gasteiger partial charge in [-0.1, -0.05) is 29.8 Å². The smallest absolute Gasteiger partial charge is 0.293 e. The Labute approximate surface area is 156 Å². The second-order valence-electron chi connectivity index (χ2n) is 5.44. The van der Waals surface area contributed by atoms with Crippen LogP contribution in [0, 0.1) is 0 Å². The zero-order valence-electron chi connectivity index (χ0n) is 14.2. The number of carbonyl (C=O) groups is 2. The average Bonchev–Trinajstić information content (AvgIpc) is 2.61. The summed E-state index contributed by atoms with van der Waals surface area (Å²) in [5.74, 6) is -0.632. The number of urea groups is 1. The second-order valence-corrected chi connectivity index (χ2v) is 5.84. The Morgan fingerprint density at radius 2 is 2.15 bits per heavy atom. The van der Waals surface area contributed by atoms with Gasteiger partial charge in [0.05, 0.1) is 19.7 Å². The molecular weight excluding hydrogens is 363 g/mol. The number of hydrazine groups is 1. The first-order chi connectivity index (χ1) is 12.5. The van der Waals surface area contributed by atoms with E-state index < -0.39 is 11.9 Å². The lowest BCUT2D eigenvalue weighted by Crippen LogP contribution is -2.44. The highest BCUT2D eigenvalue weighted by molar-refractivity contribution is 6.31. The predicted octanol–water partition coefficient (Wildman–Crippen LogP) is 2.52. The first-order valence-corrected chi connectivity index (χ1v) is 8.31. The number of allylic oxidation sites excluding steroid dienone is 2. The summed E-state index contributed by atoms with van der Waals surface area (Å²) in [5, 5.41) is 1.96. The molecule has 26 heavy (non-hydrogen) atoms. The molecular formula is C17H20ClFN4O3. The number of benzene rings is 1. The highest BCUT2D eigenvalue weighted by Crippen LogP contribution is 2.14. The molecule has 0 unspecified atom stereocenters. The van der Waals surface area contributed by atoms with Crippen molar-refractivity contribution in [2.24, 2.45) is 0 Å². The molecule has 0 fully saturated rings. The van der Waals surface area contributed by atoms with E-state index in [0.717, 1.165) is 10.5 Å². The van der Waals surface area contributed by atoms with Crippen LogP contribution in [0.5, 0.6) is 0 Å². The van der Waals surface area contributed by atoms with Gasteiger partial charge < -0.3 is 0 Å². The summed E-state index contributed by atoms with van der Waals surface area (Å²) in [7, 11) is 0. The quantitative estimate of drug-likeness (QED) is 0.561. The Morgan fingerprint density at radius 3 is 2.85 bits per heavy atom. The number of nitrogens with zero attached hydrogens (tertiary/aromatic N) is 2. The first-order valence-electron chi connectivity index (χ1n) is 7.93. The Bertz CT molecular complexity index is 711. The maximum atomic E-state index is 13.1. The van der Waals surface area contributed by atoms with Crippen molar-refractivity contribution in [1.29, 1.82) is 0 Å². The van der Waals surface area contributed by atoms with Crippen LogP contribution in [0.4, 0.5) is 9.18 Å². The van der Waals surface area contributed by atoms with Gasteiger partial charge in [0, 0.05) is 24.7 Å². The number of hydrogen-bond donors (Lipinski definition) is 2. The molecule has 1 aromatic rings. The lowest BCUT2D eigenvalue weighted by molar-refractivity contribution is -0.133. The number of halogens is 2. The normalized spacial score (nSPS) is 13.3. The van der Waals surface area contributed by atoms with E-state index in [4.69, 9.17) is 16.4 Å². The van der Waals surface area contributed by atoms with E-state index in [9.17, 15) is 14.0 Å². The number of hydrogen-bond acceptors (Lipinski definition) is 4. The van der Waals surface area contributed by atoms with Crippen molar-refractivity contribution in [3.8, 4) is 0 Å². The van der Waals surface area contributed by atoms with E-state index in [1.165, 1.54) is 30.3 Å². The zero-order chi connectivity index (χ0) is 18.9. The third-order valence-corrected chi connectivity index (χ3v) is 3.87. The summed E-state index contributed by atoms with van der Waals surface area (Å²) in [6, 6.07) is 6.70. The fourth-order valence-corrected chi connectivity index (χ4v) is 2.34. The molecule has 1 aromatic carbocycles. The minimum Gasteiger partial charge on any atom is -0.293 e. The molecule has 2 N–H and O–H groups in total. The minimum absolute atomic E-state index is 0.0523. The largest absolute Gasteiger partial charge is 0.345 e. The summed E-state index contributed by atoms with van der Waals surface area (Å²) in [4.78, 5) is 29.7. The molecule has 0 saturated heterocycles. The van der Waals surface area contributed by atoms with Crippen LogP contribution in [0.25, 0.3) is 0 Å². The highest BCUT2D eigenvalue weighted by Gasteiger charge is 2.15. The van der Waals surface area contributed by atoms with E-state index in [-0.39, 0.29) is 25.6 Å². The molecule has 0 aliphatic carbocycles. The summed E-state index contributed by atoms with van der Waals surface area (Å²) in [6.07, 6.45) is 4.14. The van der Waals surface area contributed by atoms with Gasteiger partial charge in [-0.25, -0.2) is 20.1 Å². The van der Waals surface area contributed by atoms with Crippen LogP contribution in [0.3, 0.4) is 0 Å². The molecule has 0 aromatic heterocycles. The summed E-state index contributed by atoms with van der Waals surface area (Å²) in [6.45, 7) is 1.88. The van der Waals surface area contributed by atoms with E-state index >= 15 is 0 Å². The molecule has 1 heterocycles. The maximum Gasteiger partial charge on any atom is 0.345 e. The number of rotatable bonds is 7. The molecule has 1 aliphatic rings. The Balaban J connectivity index is 1.72. The van der Waals surface area contributed by atoms with E-state index in [0.29, 0.717) is 11.6 Å². The number of carbonyl (C=O) groups excluding carboxylic acids is 2. The van der Waals surface area contributed by atoms with Crippen LogP contribution in [0.15, 0.2) is 48.4 Å². The second kappa shape index (κ2) is 9.91. The minimum atomic E-state index is -0.595. The third kappa shape index (κ3) is 6.14. The topological polar surface area (TPSA) is 73.9 Å². The molecule has 0 saturated carbocycles. The van der Waals surface area contributed by atoms with Crippen LogP contribution in [-0.4, -0.2) is 41.5 Å². The lowest BCUT2D eigenvalue weighted by Gasteiger charge is -2.23. The van der Waals surface area contributed by atoms with Crippen molar-refractivity contribution in [3.05, 3.63) is 59.0 Å². The fourth-order valence-electron chi connectivity index (χ4n) is 2.14. The van der Waals surface area contributed by atoms with Crippen LogP contribution in [-0.2, 0) is 16.2 Å². The Kier molecular flexibility index (Phi) is 7.58. The van der Waals surface area contributed by atoms with Gasteiger partial charge in [-0.05, 0) is 23.8 Å². The molecule has 2 rings (SSSR count). The first kappa shape index (κ1) is 19.9. The third-order valence-electron chi connectivity index (χ3n) is 3.50. The van der Waals surface area contributed by atoms with Crippen LogP contribution in [0.2, 0.25) is 5.02 Å². The zero-order valence-corrected chi connectivity index (χ0v) is 15.0. The van der Waals surface area contributed by atoms with Gasteiger partial charge >= 0.3 is 6.03 Å². The van der Waals surface area contributed by atoms with Crippen molar-refractivity contribution in [2.45, 2.75) is 13.5 Å². The average molecular weight is 383 g/mol. The van der Waals surface area contributed by atoms with Gasteiger partial charge in [0.15, 0.2) is 0 Å². The number of nitrogens with one attached hydrogen (secondary N) is 2. The molecule has 0 atom stereocenters. The number of hydroxylamine groups is 1. The summed E-state index contributed by atoms with van der Waals surface area (Å²) < 4.78 is 13.1. The van der Waals surface area contributed by atoms with Crippen molar-refractivity contribution < 1.29 is 18.8 Å². The molecule has 1 aliphatic heterocycles. The van der Waals surface area contributed by atoms with Crippen molar-refractivity contribution in [3.63, 3.8) is 0 Å². The number of amides is 3. The van der Waals surface area contributed by atoms with E-state index in [1.54, 1.807) is 6.07 Å². The van der Waals surface area contributed by atoms with Gasteiger partial charge in [0.1, 0.15) is 5.83 Å². The van der Waals surface area contributed by atoms with Crippen LogP contribution in [0.1, 0.15) is 12.5 Å². The van der Waals surface area contributed by atoms with Gasteiger partial charge in [-0.3, -0.25) is 19.5 Å². The van der Waals surface area contributed by atoms with Crippen LogP contribution >= 0.6 is 11.6 Å². The van der Waals surface area contributed by atoms with Gasteiger partial charge in [0.2, 0.25) is 5.91 Å². The van der Waals surface area contributed by atoms with Gasteiger partial charge in [-0.15, -0.1) is 0 Å². The van der Waals surface area contributed by atoms with Crippen molar-refractivity contribution >= 4 is 23.5 Å². The molecule has 0 radical (unpaired) electrons. The van der Waals surface area contributed by atoms with E-state index in [1.807, 2.05) is 18.2 Å². The maximum absolute atomic E-state index is 13.1. The molecule has 9 heteroatoms. The fraction of sp³-hybridized carbons (Fsp3) is 0.294.